The zero-order valence-electron chi connectivity index (χ0n) is 16.1. The Hall–Kier alpha value is -2.35. The van der Waals surface area contributed by atoms with Crippen molar-refractivity contribution in [2.45, 2.75) is 6.54 Å². The van der Waals surface area contributed by atoms with Crippen LogP contribution in [0.3, 0.4) is 0 Å². The Morgan fingerprint density at radius 2 is 2.11 bits per heavy atom. The molecule has 0 unspecified atom stereocenters. The Labute approximate surface area is 168 Å². The van der Waals surface area contributed by atoms with Crippen LogP contribution in [0.5, 0.6) is 5.75 Å². The molecule has 2 N–H and O–H groups in total. The van der Waals surface area contributed by atoms with Gasteiger partial charge in [-0.15, -0.1) is 11.3 Å². The highest BCUT2D eigenvalue weighted by atomic mass is 32.1. The van der Waals surface area contributed by atoms with E-state index in [-0.39, 0.29) is 5.91 Å². The predicted molar refractivity (Wildman–Crippen MR) is 111 cm³/mol. The first-order valence-electron chi connectivity index (χ1n) is 9.64. The monoisotopic (exact) mass is 400 g/mol. The molecule has 0 bridgehead atoms. The van der Waals surface area contributed by atoms with Gasteiger partial charge in [0.2, 0.25) is 0 Å². The highest BCUT2D eigenvalue weighted by molar-refractivity contribution is 7.16. The van der Waals surface area contributed by atoms with Crippen LogP contribution < -0.4 is 15.0 Å². The number of carbonyl (C=O) groups excluding carboxylic acids is 1. The number of hydrogen-bond acceptors (Lipinski definition) is 4. The minimum Gasteiger partial charge on any atom is -0.496 e. The Kier molecular flexibility index (Phi) is 5.95. The second-order valence-corrected chi connectivity index (χ2v) is 7.87. The number of fused-ring (bicyclic) bond motifs is 1. The first-order valence-corrected chi connectivity index (χ1v) is 10.5. The SMILES string of the molecule is COc1ccccc1Cn1c(C(=O)NCC[NH+]2CCOCC2)cc2ccsc21. The number of amides is 1. The lowest BCUT2D eigenvalue weighted by Crippen LogP contribution is -3.14. The fourth-order valence-electron chi connectivity index (χ4n) is 3.68. The molecule has 1 aromatic carbocycles. The van der Waals surface area contributed by atoms with E-state index in [1.165, 1.54) is 4.90 Å². The minimum absolute atomic E-state index is 0.0223. The second kappa shape index (κ2) is 8.77. The number of methoxy groups -OCH3 is 1. The van der Waals surface area contributed by atoms with Crippen molar-refractivity contribution in [1.82, 2.24) is 9.88 Å². The van der Waals surface area contributed by atoms with Gasteiger partial charge in [0.25, 0.3) is 5.91 Å². The third-order valence-corrected chi connectivity index (χ3v) is 6.17. The van der Waals surface area contributed by atoms with Crippen molar-refractivity contribution in [3.63, 3.8) is 0 Å². The van der Waals surface area contributed by atoms with E-state index >= 15 is 0 Å². The molecular weight excluding hydrogens is 374 g/mol. The van der Waals surface area contributed by atoms with Gasteiger partial charge < -0.3 is 24.3 Å². The Balaban J connectivity index is 1.51. The molecule has 4 rings (SSSR count). The van der Waals surface area contributed by atoms with E-state index < -0.39 is 0 Å². The molecule has 1 aliphatic heterocycles. The number of ether oxygens (including phenoxy) is 2. The molecule has 0 radical (unpaired) electrons. The first kappa shape index (κ1) is 19.0. The zero-order valence-corrected chi connectivity index (χ0v) is 16.9. The van der Waals surface area contributed by atoms with E-state index in [0.717, 1.165) is 54.4 Å². The molecule has 1 saturated heterocycles. The largest absolute Gasteiger partial charge is 0.496 e. The number of quaternary nitrogens is 1. The maximum absolute atomic E-state index is 12.9. The summed E-state index contributed by atoms with van der Waals surface area (Å²) < 4.78 is 13.0. The maximum Gasteiger partial charge on any atom is 0.268 e. The summed E-state index contributed by atoms with van der Waals surface area (Å²) in [7, 11) is 1.68. The van der Waals surface area contributed by atoms with Crippen molar-refractivity contribution in [2.75, 3.05) is 46.5 Å². The Morgan fingerprint density at radius 3 is 2.93 bits per heavy atom. The van der Waals surface area contributed by atoms with E-state index in [1.54, 1.807) is 18.4 Å². The second-order valence-electron chi connectivity index (χ2n) is 6.98. The summed E-state index contributed by atoms with van der Waals surface area (Å²) in [6.45, 7) is 5.83. The number of hydrogen-bond donors (Lipinski definition) is 2. The predicted octanol–water partition coefficient (Wildman–Crippen LogP) is 1.40. The smallest absolute Gasteiger partial charge is 0.268 e. The topological polar surface area (TPSA) is 56.9 Å². The van der Waals surface area contributed by atoms with Gasteiger partial charge in [-0.25, -0.2) is 0 Å². The molecule has 0 aliphatic carbocycles. The quantitative estimate of drug-likeness (QED) is 0.631. The van der Waals surface area contributed by atoms with Crippen LogP contribution in [0.1, 0.15) is 16.1 Å². The van der Waals surface area contributed by atoms with Gasteiger partial charge in [0.05, 0.1) is 40.0 Å². The van der Waals surface area contributed by atoms with E-state index in [1.807, 2.05) is 30.3 Å². The average Bonchev–Trinajstić information content (AvgIpc) is 3.32. The van der Waals surface area contributed by atoms with Crippen LogP contribution >= 0.6 is 11.3 Å². The number of para-hydroxylation sites is 1. The van der Waals surface area contributed by atoms with Crippen molar-refractivity contribution in [2.24, 2.45) is 0 Å². The summed E-state index contributed by atoms with van der Waals surface area (Å²) in [6.07, 6.45) is 0. The highest BCUT2D eigenvalue weighted by Crippen LogP contribution is 2.28. The highest BCUT2D eigenvalue weighted by Gasteiger charge is 2.19. The third kappa shape index (κ3) is 4.06. The fourth-order valence-corrected chi connectivity index (χ4v) is 4.57. The normalized spacial score (nSPS) is 15.0. The summed E-state index contributed by atoms with van der Waals surface area (Å²) in [5.41, 5.74) is 1.76. The molecule has 0 spiro atoms. The van der Waals surface area contributed by atoms with Crippen LogP contribution in [-0.4, -0.2) is 57.0 Å². The van der Waals surface area contributed by atoms with Crippen molar-refractivity contribution in [3.8, 4) is 5.75 Å². The summed E-state index contributed by atoms with van der Waals surface area (Å²) in [6, 6.07) is 12.0. The maximum atomic E-state index is 12.9. The van der Waals surface area contributed by atoms with Crippen molar-refractivity contribution in [3.05, 3.63) is 53.0 Å². The van der Waals surface area contributed by atoms with Gasteiger partial charge in [-0.2, -0.15) is 0 Å². The number of benzene rings is 1. The first-order chi connectivity index (χ1) is 13.8. The molecule has 1 fully saturated rings. The van der Waals surface area contributed by atoms with Crippen LogP contribution in [0.25, 0.3) is 10.2 Å². The lowest BCUT2D eigenvalue weighted by molar-refractivity contribution is -0.906. The lowest BCUT2D eigenvalue weighted by Gasteiger charge is -2.23. The van der Waals surface area contributed by atoms with Crippen molar-refractivity contribution >= 4 is 27.5 Å². The molecule has 1 amide bonds. The molecule has 7 heteroatoms. The summed E-state index contributed by atoms with van der Waals surface area (Å²) >= 11 is 1.66. The number of rotatable bonds is 7. The van der Waals surface area contributed by atoms with Gasteiger partial charge in [-0.1, -0.05) is 18.2 Å². The molecule has 0 atom stereocenters. The summed E-state index contributed by atoms with van der Waals surface area (Å²) in [5.74, 6) is 0.814. The Bertz CT molecular complexity index is 943. The minimum atomic E-state index is -0.0223. The van der Waals surface area contributed by atoms with Crippen LogP contribution in [0.2, 0.25) is 0 Å². The molecular formula is C21H26N3O3S+. The zero-order chi connectivity index (χ0) is 19.3. The standard InChI is InChI=1S/C21H25N3O3S/c1-26-19-5-3-2-4-17(19)15-24-18(14-16-6-13-28-21(16)24)20(25)22-7-8-23-9-11-27-12-10-23/h2-6,13-14H,7-12,15H2,1H3,(H,22,25)/p+1. The van der Waals surface area contributed by atoms with Crippen molar-refractivity contribution in [1.29, 1.82) is 0 Å². The summed E-state index contributed by atoms with van der Waals surface area (Å²) in [5, 5.41) is 6.27. The number of aromatic nitrogens is 1. The third-order valence-electron chi connectivity index (χ3n) is 5.22. The number of nitrogens with zero attached hydrogens (tertiary/aromatic N) is 1. The molecule has 28 heavy (non-hydrogen) atoms. The summed E-state index contributed by atoms with van der Waals surface area (Å²) in [4.78, 5) is 15.5. The fraction of sp³-hybridized carbons (Fsp3) is 0.381. The average molecular weight is 401 g/mol. The lowest BCUT2D eigenvalue weighted by atomic mass is 10.2. The van der Waals surface area contributed by atoms with E-state index in [0.29, 0.717) is 18.8 Å². The molecule has 148 valence electrons. The van der Waals surface area contributed by atoms with Gasteiger partial charge in [-0.3, -0.25) is 4.79 Å². The van der Waals surface area contributed by atoms with E-state index in [9.17, 15) is 4.79 Å². The number of thiophene rings is 1. The van der Waals surface area contributed by atoms with E-state index in [4.69, 9.17) is 9.47 Å². The molecule has 2 aromatic heterocycles. The van der Waals surface area contributed by atoms with Crippen LogP contribution in [0, 0.1) is 0 Å². The molecule has 3 heterocycles. The number of carbonyl (C=O) groups is 1. The van der Waals surface area contributed by atoms with Crippen LogP contribution in [0.15, 0.2) is 41.8 Å². The van der Waals surface area contributed by atoms with Gasteiger partial charge in [-0.05, 0) is 23.6 Å². The van der Waals surface area contributed by atoms with E-state index in [2.05, 4.69) is 21.3 Å². The van der Waals surface area contributed by atoms with Gasteiger partial charge in [0, 0.05) is 10.9 Å². The van der Waals surface area contributed by atoms with Gasteiger partial charge in [0.15, 0.2) is 0 Å². The van der Waals surface area contributed by atoms with Gasteiger partial charge >= 0.3 is 0 Å². The molecule has 1 aliphatic rings. The molecule has 0 saturated carbocycles. The van der Waals surface area contributed by atoms with Crippen LogP contribution in [-0.2, 0) is 11.3 Å². The molecule has 3 aromatic rings. The molecule has 6 nitrogen and oxygen atoms in total. The van der Waals surface area contributed by atoms with Crippen molar-refractivity contribution < 1.29 is 19.2 Å². The Morgan fingerprint density at radius 1 is 1.29 bits per heavy atom. The number of nitrogens with one attached hydrogen (secondary N) is 2. The number of morpholine rings is 1. The van der Waals surface area contributed by atoms with Crippen LogP contribution in [0.4, 0.5) is 0 Å². The van der Waals surface area contributed by atoms with Gasteiger partial charge in [0.1, 0.15) is 29.4 Å².